The maximum atomic E-state index is 5.61. The second kappa shape index (κ2) is 30.9. The van der Waals surface area contributed by atoms with Crippen LogP contribution in [-0.4, -0.2) is 0 Å². The van der Waals surface area contributed by atoms with Gasteiger partial charge in [0.1, 0.15) is 11.5 Å². The third-order valence-electron chi connectivity index (χ3n) is 1.53. The molecule has 0 aromatic heterocycles. The third-order valence-corrected chi connectivity index (χ3v) is 1.53. The van der Waals surface area contributed by atoms with Crippen LogP contribution in [0.25, 0.3) is 0 Å². The fourth-order valence-corrected chi connectivity index (χ4v) is 0.892. The molecule has 0 aromatic carbocycles. The van der Waals surface area contributed by atoms with Gasteiger partial charge in [-0.25, -0.2) is 0 Å². The molecule has 0 spiro atoms. The van der Waals surface area contributed by atoms with Gasteiger partial charge < -0.3 is 4.74 Å². The van der Waals surface area contributed by atoms with Crippen molar-refractivity contribution in [3.05, 3.63) is 73.3 Å². The van der Waals surface area contributed by atoms with Gasteiger partial charge in [-0.15, -0.1) is 0 Å². The second-order valence-electron chi connectivity index (χ2n) is 2.69. The molecule has 0 amide bonds. The molecule has 0 bridgehead atoms. The van der Waals surface area contributed by atoms with Crippen LogP contribution in [-0.2, 0) is 4.74 Å². The molecule has 0 rings (SSSR count). The van der Waals surface area contributed by atoms with Crippen LogP contribution in [0.3, 0.4) is 0 Å². The van der Waals surface area contributed by atoms with Gasteiger partial charge in [-0.2, -0.15) is 0 Å². The van der Waals surface area contributed by atoms with E-state index in [2.05, 4.69) is 13.2 Å². The van der Waals surface area contributed by atoms with Crippen molar-refractivity contribution in [2.45, 2.75) is 55.4 Å². The lowest BCUT2D eigenvalue weighted by atomic mass is 10.3. The highest BCUT2D eigenvalue weighted by molar-refractivity contribution is 5.23. The zero-order chi connectivity index (χ0) is 17.5. The quantitative estimate of drug-likeness (QED) is 0.366. The summed E-state index contributed by atoms with van der Waals surface area (Å²) in [5.41, 5.74) is 0. The second-order valence-corrected chi connectivity index (χ2v) is 2.69. The summed E-state index contributed by atoms with van der Waals surface area (Å²) < 4.78 is 5.61. The SMILES string of the molecule is C=C/C=C\C(=C/C)OC(/C=C\C)=C/C=C.CC.CC.CC. The van der Waals surface area contributed by atoms with E-state index in [-0.39, 0.29) is 0 Å². The van der Waals surface area contributed by atoms with Gasteiger partial charge in [0.15, 0.2) is 0 Å². The van der Waals surface area contributed by atoms with E-state index in [4.69, 9.17) is 4.74 Å². The van der Waals surface area contributed by atoms with Gasteiger partial charge >= 0.3 is 0 Å². The van der Waals surface area contributed by atoms with Crippen molar-refractivity contribution in [3.63, 3.8) is 0 Å². The van der Waals surface area contributed by atoms with Crippen LogP contribution in [0.4, 0.5) is 0 Å². The Kier molecular flexibility index (Phi) is 40.6. The Bertz CT molecular complexity index is 315. The topological polar surface area (TPSA) is 9.23 Å². The van der Waals surface area contributed by atoms with Gasteiger partial charge in [-0.3, -0.25) is 0 Å². The van der Waals surface area contributed by atoms with Crippen molar-refractivity contribution in [3.8, 4) is 0 Å². The summed E-state index contributed by atoms with van der Waals surface area (Å²) in [5, 5.41) is 0. The molecule has 21 heavy (non-hydrogen) atoms. The molecule has 0 saturated heterocycles. The van der Waals surface area contributed by atoms with E-state index in [1.54, 1.807) is 12.2 Å². The zero-order valence-corrected chi connectivity index (χ0v) is 15.4. The maximum absolute atomic E-state index is 5.61. The van der Waals surface area contributed by atoms with Crippen LogP contribution >= 0.6 is 0 Å². The summed E-state index contributed by atoms with van der Waals surface area (Å²) in [7, 11) is 0. The van der Waals surface area contributed by atoms with E-state index in [9.17, 15) is 0 Å². The van der Waals surface area contributed by atoms with Crippen molar-refractivity contribution >= 4 is 0 Å². The first-order chi connectivity index (χ1) is 10.3. The Morgan fingerprint density at radius 3 is 1.62 bits per heavy atom. The minimum absolute atomic E-state index is 0.759. The summed E-state index contributed by atoms with van der Waals surface area (Å²) in [4.78, 5) is 0. The summed E-state index contributed by atoms with van der Waals surface area (Å²) in [5.74, 6) is 1.54. The molecular weight excluding hydrogens is 256 g/mol. The molecule has 1 nitrogen and oxygen atoms in total. The first-order valence-electron chi connectivity index (χ1n) is 7.87. The van der Waals surface area contributed by atoms with Crippen molar-refractivity contribution in [1.82, 2.24) is 0 Å². The molecule has 0 unspecified atom stereocenters. The number of allylic oxidation sites excluding steroid dienone is 8. The lowest BCUT2D eigenvalue weighted by molar-refractivity contribution is 0.335. The normalized spacial score (nSPS) is 10.5. The Labute approximate surface area is 134 Å². The molecule has 0 radical (unpaired) electrons. The van der Waals surface area contributed by atoms with Gasteiger partial charge in [0.2, 0.25) is 0 Å². The molecule has 0 atom stereocenters. The average Bonchev–Trinajstić information content (AvgIpc) is 2.57. The van der Waals surface area contributed by atoms with Gasteiger partial charge in [-0.1, -0.05) is 79.0 Å². The van der Waals surface area contributed by atoms with E-state index < -0.39 is 0 Å². The molecule has 122 valence electrons. The van der Waals surface area contributed by atoms with Crippen LogP contribution in [0, 0.1) is 0 Å². The van der Waals surface area contributed by atoms with E-state index >= 15 is 0 Å². The van der Waals surface area contributed by atoms with E-state index in [0.717, 1.165) is 11.5 Å². The summed E-state index contributed by atoms with van der Waals surface area (Å²) >= 11 is 0. The number of rotatable bonds is 6. The van der Waals surface area contributed by atoms with Crippen molar-refractivity contribution in [2.24, 2.45) is 0 Å². The highest BCUT2D eigenvalue weighted by Gasteiger charge is 1.94. The van der Waals surface area contributed by atoms with E-state index in [1.807, 2.05) is 91.8 Å². The van der Waals surface area contributed by atoms with E-state index in [1.165, 1.54) is 0 Å². The number of hydrogen-bond acceptors (Lipinski definition) is 1. The summed E-state index contributed by atoms with van der Waals surface area (Å²) in [6, 6.07) is 0. The fraction of sp³-hybridized carbons (Fsp3) is 0.400. The van der Waals surface area contributed by atoms with Gasteiger partial charge in [-0.05, 0) is 38.2 Å². The Hall–Kier alpha value is -1.76. The lowest BCUT2D eigenvalue weighted by Gasteiger charge is -2.05. The monoisotopic (exact) mass is 292 g/mol. The van der Waals surface area contributed by atoms with Gasteiger partial charge in [0, 0.05) is 0 Å². The van der Waals surface area contributed by atoms with Crippen LogP contribution in [0.2, 0.25) is 0 Å². The zero-order valence-electron chi connectivity index (χ0n) is 15.4. The highest BCUT2D eigenvalue weighted by atomic mass is 16.5. The molecule has 0 N–H and O–H groups in total. The molecule has 0 fully saturated rings. The molecule has 0 saturated carbocycles. The summed E-state index contributed by atoms with van der Waals surface area (Å²) in [6.07, 6.45) is 14.6. The molecule has 0 aliphatic rings. The van der Waals surface area contributed by atoms with Crippen molar-refractivity contribution in [1.29, 1.82) is 0 Å². The molecular formula is C20H36O. The molecule has 0 aliphatic carbocycles. The smallest absolute Gasteiger partial charge is 0.127 e. The van der Waals surface area contributed by atoms with Crippen molar-refractivity contribution in [2.75, 3.05) is 0 Å². The van der Waals surface area contributed by atoms with Crippen LogP contribution in [0.1, 0.15) is 55.4 Å². The van der Waals surface area contributed by atoms with Crippen LogP contribution in [0.5, 0.6) is 0 Å². The predicted octanol–water partition coefficient (Wildman–Crippen LogP) is 7.37. The first kappa shape index (κ1) is 27.6. The number of ether oxygens (including phenoxy) is 1. The highest BCUT2D eigenvalue weighted by Crippen LogP contribution is 2.09. The minimum atomic E-state index is 0.759. The Balaban J connectivity index is -0.000000212. The molecule has 1 heteroatoms. The minimum Gasteiger partial charge on any atom is -0.458 e. The van der Waals surface area contributed by atoms with Crippen LogP contribution < -0.4 is 0 Å². The molecule has 0 aliphatic heterocycles. The number of hydrogen-bond donors (Lipinski definition) is 0. The van der Waals surface area contributed by atoms with Crippen molar-refractivity contribution < 1.29 is 4.74 Å². The maximum Gasteiger partial charge on any atom is 0.127 e. The summed E-state index contributed by atoms with van der Waals surface area (Å²) in [6.45, 7) is 23.1. The largest absolute Gasteiger partial charge is 0.458 e. The fourth-order valence-electron chi connectivity index (χ4n) is 0.892. The molecule has 0 aromatic rings. The molecule has 0 heterocycles. The average molecular weight is 293 g/mol. The van der Waals surface area contributed by atoms with E-state index in [0.29, 0.717) is 0 Å². The van der Waals surface area contributed by atoms with Gasteiger partial charge in [0.05, 0.1) is 0 Å². The Morgan fingerprint density at radius 2 is 1.29 bits per heavy atom. The predicted molar refractivity (Wildman–Crippen MR) is 101 cm³/mol. The van der Waals surface area contributed by atoms with Crippen LogP contribution in [0.15, 0.2) is 73.3 Å². The van der Waals surface area contributed by atoms with Gasteiger partial charge in [0.25, 0.3) is 0 Å². The lowest BCUT2D eigenvalue weighted by Crippen LogP contribution is -1.87. The Morgan fingerprint density at radius 1 is 0.762 bits per heavy atom. The third kappa shape index (κ3) is 23.7. The first-order valence-corrected chi connectivity index (χ1v) is 7.87. The standard InChI is InChI=1S/C14H18O.3C2H6/c1-5-9-12-13(8-4)15-14(10-6-2)11-7-3;3*1-2/h5-12H,1-2H2,3-4H3;3*1-2H3/b11-7-,12-9-,13-8+,14-10+;;;.